The average molecular weight is 266 g/mol. The van der Waals surface area contributed by atoms with Gasteiger partial charge in [0.2, 0.25) is 0 Å². The van der Waals surface area contributed by atoms with Crippen molar-refractivity contribution in [3.8, 4) is 0 Å². The maximum atomic E-state index is 15.3. The molecule has 0 saturated heterocycles. The molecule has 0 saturated carbocycles. The highest BCUT2D eigenvalue weighted by molar-refractivity contribution is 5.74. The van der Waals surface area contributed by atoms with E-state index in [9.17, 15) is 0 Å². The maximum Gasteiger partial charge on any atom is 0.140 e. The molecule has 1 heteroatoms. The van der Waals surface area contributed by atoms with E-state index in [1.807, 2.05) is 49.4 Å². The van der Waals surface area contributed by atoms with E-state index in [0.717, 1.165) is 17.5 Å². The molecule has 0 unspecified atom stereocenters. The van der Waals surface area contributed by atoms with Crippen molar-refractivity contribution in [2.45, 2.75) is 31.9 Å². The molecule has 1 aliphatic rings. The highest BCUT2D eigenvalue weighted by Crippen LogP contribution is 2.42. The van der Waals surface area contributed by atoms with Gasteiger partial charge in [0.15, 0.2) is 0 Å². The minimum atomic E-state index is -1.32. The summed E-state index contributed by atoms with van der Waals surface area (Å²) in [5.41, 5.74) is 3.78. The first kappa shape index (κ1) is 13.1. The lowest BCUT2D eigenvalue weighted by molar-refractivity contribution is 0.221. The quantitative estimate of drug-likeness (QED) is 0.725. The lowest BCUT2D eigenvalue weighted by Gasteiger charge is -2.33. The molecule has 0 fully saturated rings. The summed E-state index contributed by atoms with van der Waals surface area (Å²) in [6.07, 6.45) is 1.73. The second-order valence-corrected chi connectivity index (χ2v) is 5.76. The Labute approximate surface area is 120 Å². The Balaban J connectivity index is 1.90. The predicted molar refractivity (Wildman–Crippen MR) is 82.5 cm³/mol. The lowest BCUT2D eigenvalue weighted by Crippen LogP contribution is -2.32. The van der Waals surface area contributed by atoms with Crippen molar-refractivity contribution in [2.75, 3.05) is 0 Å². The molecule has 0 bridgehead atoms. The van der Waals surface area contributed by atoms with Crippen LogP contribution in [0.2, 0.25) is 0 Å². The topological polar surface area (TPSA) is 0 Å². The van der Waals surface area contributed by atoms with Gasteiger partial charge < -0.3 is 0 Å². The van der Waals surface area contributed by atoms with Gasteiger partial charge in [0, 0.05) is 6.42 Å². The highest BCUT2D eigenvalue weighted by Gasteiger charge is 2.37. The summed E-state index contributed by atoms with van der Waals surface area (Å²) < 4.78 is 15.3. The second kappa shape index (κ2) is 4.90. The second-order valence-electron chi connectivity index (χ2n) is 5.76. The SMILES string of the molecule is C=C1c2ccccc2CC[C@]1(F)Cc1ccc(C)cc1. The summed E-state index contributed by atoms with van der Waals surface area (Å²) in [6.45, 7) is 6.09. The largest absolute Gasteiger partial charge is 0.238 e. The molecule has 3 rings (SSSR count). The molecule has 0 radical (unpaired) electrons. The normalized spacial score (nSPS) is 21.6. The van der Waals surface area contributed by atoms with Gasteiger partial charge >= 0.3 is 0 Å². The molecule has 0 spiro atoms. The molecule has 0 aliphatic heterocycles. The zero-order valence-corrected chi connectivity index (χ0v) is 11.8. The van der Waals surface area contributed by atoms with E-state index in [-0.39, 0.29) is 0 Å². The molecule has 0 aromatic heterocycles. The van der Waals surface area contributed by atoms with Crippen LogP contribution < -0.4 is 0 Å². The molecular formula is C19H19F. The molecular weight excluding hydrogens is 247 g/mol. The van der Waals surface area contributed by atoms with Crippen LogP contribution in [0.5, 0.6) is 0 Å². The Morgan fingerprint density at radius 3 is 2.55 bits per heavy atom. The standard InChI is InChI=1S/C19H19F/c1-14-7-9-16(10-8-14)13-19(20)12-11-17-5-3-4-6-18(17)15(19)2/h3-10H,2,11-13H2,1H3/t19-/m0/s1. The van der Waals surface area contributed by atoms with Gasteiger partial charge in [0.25, 0.3) is 0 Å². The highest BCUT2D eigenvalue weighted by atomic mass is 19.1. The summed E-state index contributed by atoms with van der Waals surface area (Å²) in [6, 6.07) is 16.1. The van der Waals surface area contributed by atoms with Crippen LogP contribution in [0.4, 0.5) is 4.39 Å². The Bertz CT molecular complexity index is 639. The van der Waals surface area contributed by atoms with Crippen molar-refractivity contribution in [2.24, 2.45) is 0 Å². The number of hydrogen-bond acceptors (Lipinski definition) is 0. The van der Waals surface area contributed by atoms with Crippen LogP contribution in [0, 0.1) is 6.92 Å². The number of benzene rings is 2. The van der Waals surface area contributed by atoms with E-state index in [1.165, 1.54) is 11.1 Å². The summed E-state index contributed by atoms with van der Waals surface area (Å²) in [7, 11) is 0. The lowest BCUT2D eigenvalue weighted by atomic mass is 9.75. The predicted octanol–water partition coefficient (Wildman–Crippen LogP) is 4.91. The van der Waals surface area contributed by atoms with Gasteiger partial charge in [-0.1, -0.05) is 60.7 Å². The number of alkyl halides is 1. The Morgan fingerprint density at radius 2 is 1.80 bits per heavy atom. The minimum Gasteiger partial charge on any atom is -0.238 e. The Morgan fingerprint density at radius 1 is 1.10 bits per heavy atom. The van der Waals surface area contributed by atoms with Gasteiger partial charge in [-0.2, -0.15) is 0 Å². The molecule has 0 nitrogen and oxygen atoms in total. The van der Waals surface area contributed by atoms with Crippen LogP contribution in [0.25, 0.3) is 5.57 Å². The first-order chi connectivity index (χ1) is 9.58. The molecule has 2 aromatic rings. The van der Waals surface area contributed by atoms with Crippen LogP contribution in [-0.2, 0) is 12.8 Å². The first-order valence-corrected chi connectivity index (χ1v) is 7.11. The van der Waals surface area contributed by atoms with Crippen molar-refractivity contribution >= 4 is 5.57 Å². The average Bonchev–Trinajstić information content (AvgIpc) is 2.46. The molecule has 0 heterocycles. The van der Waals surface area contributed by atoms with Crippen LogP contribution >= 0.6 is 0 Å². The third kappa shape index (κ3) is 2.29. The van der Waals surface area contributed by atoms with Crippen LogP contribution in [0.3, 0.4) is 0 Å². The number of rotatable bonds is 2. The van der Waals surface area contributed by atoms with Gasteiger partial charge in [0.05, 0.1) is 0 Å². The van der Waals surface area contributed by atoms with Crippen LogP contribution in [0.1, 0.15) is 28.7 Å². The summed E-state index contributed by atoms with van der Waals surface area (Å²) in [5.74, 6) is 0. The fourth-order valence-electron chi connectivity index (χ4n) is 2.98. The Hall–Kier alpha value is -1.89. The molecule has 1 atom stereocenters. The monoisotopic (exact) mass is 266 g/mol. The molecule has 20 heavy (non-hydrogen) atoms. The fourth-order valence-corrected chi connectivity index (χ4v) is 2.98. The smallest absolute Gasteiger partial charge is 0.140 e. The van der Waals surface area contributed by atoms with Crippen LogP contribution in [0.15, 0.2) is 55.1 Å². The van der Waals surface area contributed by atoms with Crippen molar-refractivity contribution in [1.82, 2.24) is 0 Å². The number of allylic oxidation sites excluding steroid dienone is 1. The van der Waals surface area contributed by atoms with Crippen molar-refractivity contribution in [3.05, 3.63) is 77.4 Å². The zero-order chi connectivity index (χ0) is 14.2. The number of aryl methyl sites for hydroxylation is 2. The van der Waals surface area contributed by atoms with E-state index in [0.29, 0.717) is 18.4 Å². The van der Waals surface area contributed by atoms with Gasteiger partial charge in [-0.05, 0) is 42.0 Å². The van der Waals surface area contributed by atoms with Crippen molar-refractivity contribution < 1.29 is 4.39 Å². The molecule has 1 aliphatic carbocycles. The van der Waals surface area contributed by atoms with E-state index in [1.54, 1.807) is 0 Å². The molecule has 0 amide bonds. The van der Waals surface area contributed by atoms with Gasteiger partial charge in [-0.15, -0.1) is 0 Å². The van der Waals surface area contributed by atoms with E-state index in [4.69, 9.17) is 0 Å². The van der Waals surface area contributed by atoms with Crippen LogP contribution in [-0.4, -0.2) is 5.67 Å². The zero-order valence-electron chi connectivity index (χ0n) is 11.8. The fraction of sp³-hybridized carbons (Fsp3) is 0.263. The van der Waals surface area contributed by atoms with E-state index in [2.05, 4.69) is 12.6 Å². The summed E-state index contributed by atoms with van der Waals surface area (Å²) in [5, 5.41) is 0. The first-order valence-electron chi connectivity index (χ1n) is 7.11. The summed E-state index contributed by atoms with van der Waals surface area (Å²) >= 11 is 0. The summed E-state index contributed by atoms with van der Waals surface area (Å²) in [4.78, 5) is 0. The van der Waals surface area contributed by atoms with Gasteiger partial charge in [0.1, 0.15) is 5.67 Å². The molecule has 0 N–H and O–H groups in total. The van der Waals surface area contributed by atoms with Gasteiger partial charge in [-0.3, -0.25) is 0 Å². The van der Waals surface area contributed by atoms with Crippen molar-refractivity contribution in [3.63, 3.8) is 0 Å². The Kier molecular flexibility index (Phi) is 3.21. The minimum absolute atomic E-state index is 0.417. The van der Waals surface area contributed by atoms with Gasteiger partial charge in [-0.25, -0.2) is 4.39 Å². The van der Waals surface area contributed by atoms with E-state index < -0.39 is 5.67 Å². The molecule has 102 valence electrons. The number of hydrogen-bond donors (Lipinski definition) is 0. The van der Waals surface area contributed by atoms with Crippen molar-refractivity contribution in [1.29, 1.82) is 0 Å². The third-order valence-electron chi connectivity index (χ3n) is 4.28. The molecule has 2 aromatic carbocycles. The maximum absolute atomic E-state index is 15.3. The third-order valence-corrected chi connectivity index (χ3v) is 4.28. The van der Waals surface area contributed by atoms with E-state index >= 15 is 4.39 Å². The number of halogens is 1. The number of fused-ring (bicyclic) bond motifs is 1.